The van der Waals surface area contributed by atoms with Gasteiger partial charge in [0.2, 0.25) is 0 Å². The van der Waals surface area contributed by atoms with Gasteiger partial charge in [-0.05, 0) is 0 Å². The van der Waals surface area contributed by atoms with Gasteiger partial charge in [-0.1, -0.05) is 0 Å². The molecule has 4 nitrogen and oxygen atoms in total. The summed E-state index contributed by atoms with van der Waals surface area (Å²) < 4.78 is 18.4. The molecular weight excluding hydrogens is 128 g/mol. The Morgan fingerprint density at radius 2 is 2.62 bits per heavy atom. The Kier molecular flexibility index (Phi) is 1.40. The van der Waals surface area contributed by atoms with Crippen LogP contribution in [0.2, 0.25) is 0 Å². The highest BCUT2D eigenvalue weighted by Crippen LogP contribution is 1.96. The summed E-state index contributed by atoms with van der Waals surface area (Å²) in [5.74, 6) is 0. The summed E-state index contributed by atoms with van der Waals surface area (Å²) in [5.41, 5.74) is 0. The van der Waals surface area contributed by atoms with Crippen LogP contribution in [0, 0.1) is 0 Å². The van der Waals surface area contributed by atoms with Crippen molar-refractivity contribution in [2.45, 2.75) is 4.90 Å². The fraction of sp³-hybridized carbons (Fsp3) is 0. The van der Waals surface area contributed by atoms with Gasteiger partial charge in [0.25, 0.3) is 0 Å². The predicted molar refractivity (Wildman–Crippen MR) is 27.6 cm³/mol. The molecule has 5 heteroatoms. The van der Waals surface area contributed by atoms with Crippen LogP contribution in [0.3, 0.4) is 0 Å². The zero-order valence-electron chi connectivity index (χ0n) is 3.87. The maximum absolute atomic E-state index is 10.1. The van der Waals surface area contributed by atoms with E-state index in [0.29, 0.717) is 4.90 Å². The van der Waals surface area contributed by atoms with Gasteiger partial charge in [0.1, 0.15) is 4.90 Å². The van der Waals surface area contributed by atoms with Gasteiger partial charge in [0.05, 0.1) is 6.20 Å². The van der Waals surface area contributed by atoms with Crippen LogP contribution in [-0.2, 0) is 11.1 Å². The molecule has 8 heavy (non-hydrogen) atoms. The zero-order valence-corrected chi connectivity index (χ0v) is 4.68. The van der Waals surface area contributed by atoms with Crippen LogP contribution in [0.25, 0.3) is 0 Å². The van der Waals surface area contributed by atoms with E-state index in [4.69, 9.17) is 4.55 Å². The maximum Gasteiger partial charge on any atom is 0.189 e. The summed E-state index contributed by atoms with van der Waals surface area (Å²) >= 11 is -1.89. The summed E-state index contributed by atoms with van der Waals surface area (Å²) in [6.45, 7) is 0. The van der Waals surface area contributed by atoms with Crippen molar-refractivity contribution in [3.63, 3.8) is 0 Å². The number of hydrogen-bond acceptors (Lipinski definition) is 2. The predicted octanol–water partition coefficient (Wildman–Crippen LogP) is -0.00970. The summed E-state index contributed by atoms with van der Waals surface area (Å²) in [7, 11) is 0. The molecule has 0 amide bonds. The van der Waals surface area contributed by atoms with Crippen LogP contribution in [0.1, 0.15) is 0 Å². The molecule has 0 aliphatic carbocycles. The van der Waals surface area contributed by atoms with Gasteiger partial charge in [0, 0.05) is 6.20 Å². The summed E-state index contributed by atoms with van der Waals surface area (Å²) in [6.07, 6.45) is 2.67. The Bertz CT molecular complexity index is 183. The molecule has 0 saturated carbocycles. The topological polar surface area (TPSA) is 66.0 Å². The molecule has 1 atom stereocenters. The zero-order chi connectivity index (χ0) is 5.98. The number of nitrogens with one attached hydrogen (secondary N) is 1. The molecule has 0 fully saturated rings. The molecular formula is C3H4N2O2S. The lowest BCUT2D eigenvalue weighted by atomic mass is 10.7. The lowest BCUT2D eigenvalue weighted by Crippen LogP contribution is -1.82. The van der Waals surface area contributed by atoms with Crippen LogP contribution >= 0.6 is 0 Å². The average Bonchev–Trinajstić information content (AvgIpc) is 2.12. The molecule has 1 rings (SSSR count). The lowest BCUT2D eigenvalue weighted by Gasteiger charge is -1.78. The van der Waals surface area contributed by atoms with Crippen LogP contribution in [-0.4, -0.2) is 19.0 Å². The standard InChI is InChI=1S/C3H4N2O2S/c6-8(7)3-1-4-5-2-3/h1-2H,(H,4,5)(H,6,7). The smallest absolute Gasteiger partial charge is 0.189 e. The van der Waals surface area contributed by atoms with Crippen molar-refractivity contribution in [1.29, 1.82) is 0 Å². The number of hydrogen-bond donors (Lipinski definition) is 2. The first-order valence-corrected chi connectivity index (χ1v) is 3.01. The third kappa shape index (κ3) is 0.932. The number of aromatic amines is 1. The number of nitrogens with zero attached hydrogens (tertiary/aromatic N) is 1. The highest BCUT2D eigenvalue weighted by molar-refractivity contribution is 7.79. The summed E-state index contributed by atoms with van der Waals surface area (Å²) in [5, 5.41) is 5.87. The van der Waals surface area contributed by atoms with Crippen LogP contribution in [0.4, 0.5) is 0 Å². The SMILES string of the molecule is O=S(O)c1cn[nH]c1. The second-order valence-electron chi connectivity index (χ2n) is 1.18. The Morgan fingerprint density at radius 1 is 1.88 bits per heavy atom. The fourth-order valence-corrected chi connectivity index (χ4v) is 0.631. The van der Waals surface area contributed by atoms with Crippen molar-refractivity contribution in [2.75, 3.05) is 0 Å². The summed E-state index contributed by atoms with van der Waals surface area (Å²) in [6, 6.07) is 0. The van der Waals surface area contributed by atoms with E-state index in [0.717, 1.165) is 0 Å². The number of aromatic nitrogens is 2. The monoisotopic (exact) mass is 132 g/mol. The van der Waals surface area contributed by atoms with E-state index in [1.54, 1.807) is 0 Å². The fourth-order valence-electron chi connectivity index (χ4n) is 0.335. The molecule has 0 spiro atoms. The van der Waals surface area contributed by atoms with E-state index >= 15 is 0 Å². The average molecular weight is 132 g/mol. The van der Waals surface area contributed by atoms with Crippen molar-refractivity contribution in [3.05, 3.63) is 12.4 Å². The molecule has 44 valence electrons. The largest absolute Gasteiger partial charge is 0.302 e. The minimum atomic E-state index is -1.89. The minimum Gasteiger partial charge on any atom is -0.302 e. The highest BCUT2D eigenvalue weighted by Gasteiger charge is 1.96. The van der Waals surface area contributed by atoms with E-state index in [2.05, 4.69) is 10.2 Å². The molecule has 1 unspecified atom stereocenters. The minimum absolute atomic E-state index is 0.296. The van der Waals surface area contributed by atoms with E-state index in [1.165, 1.54) is 12.4 Å². The van der Waals surface area contributed by atoms with Crippen molar-refractivity contribution < 1.29 is 8.76 Å². The van der Waals surface area contributed by atoms with Gasteiger partial charge in [-0.3, -0.25) is 5.10 Å². The van der Waals surface area contributed by atoms with E-state index in [1.807, 2.05) is 0 Å². The van der Waals surface area contributed by atoms with E-state index in [-0.39, 0.29) is 0 Å². The molecule has 2 N–H and O–H groups in total. The van der Waals surface area contributed by atoms with Gasteiger partial charge >= 0.3 is 0 Å². The van der Waals surface area contributed by atoms with Crippen molar-refractivity contribution in [2.24, 2.45) is 0 Å². The van der Waals surface area contributed by atoms with Gasteiger partial charge in [-0.25, -0.2) is 4.21 Å². The molecule has 0 saturated heterocycles. The highest BCUT2D eigenvalue weighted by atomic mass is 32.2. The normalized spacial score (nSPS) is 13.6. The second-order valence-corrected chi connectivity index (χ2v) is 2.15. The lowest BCUT2D eigenvalue weighted by molar-refractivity contribution is 0.564. The van der Waals surface area contributed by atoms with Crippen molar-refractivity contribution in [3.8, 4) is 0 Å². The Morgan fingerprint density at radius 3 is 2.88 bits per heavy atom. The summed E-state index contributed by atoms with van der Waals surface area (Å²) in [4.78, 5) is 0.296. The molecule has 0 aliphatic heterocycles. The van der Waals surface area contributed by atoms with Gasteiger partial charge in [0.15, 0.2) is 11.1 Å². The third-order valence-corrected chi connectivity index (χ3v) is 1.30. The Hall–Kier alpha value is -0.680. The van der Waals surface area contributed by atoms with Crippen LogP contribution in [0.5, 0.6) is 0 Å². The first-order valence-electron chi connectivity index (χ1n) is 1.90. The van der Waals surface area contributed by atoms with Gasteiger partial charge < -0.3 is 4.55 Å². The Balaban J connectivity index is 2.93. The first-order chi connectivity index (χ1) is 3.80. The molecule has 0 radical (unpaired) electrons. The molecule has 1 heterocycles. The third-order valence-electron chi connectivity index (χ3n) is 0.675. The molecule has 0 bridgehead atoms. The van der Waals surface area contributed by atoms with E-state index < -0.39 is 11.1 Å². The molecule has 0 aromatic carbocycles. The van der Waals surface area contributed by atoms with E-state index in [9.17, 15) is 4.21 Å². The van der Waals surface area contributed by atoms with Crippen molar-refractivity contribution >= 4 is 11.1 Å². The van der Waals surface area contributed by atoms with Crippen LogP contribution < -0.4 is 0 Å². The molecule has 1 aromatic heterocycles. The van der Waals surface area contributed by atoms with Crippen LogP contribution in [0.15, 0.2) is 17.3 Å². The maximum atomic E-state index is 10.1. The van der Waals surface area contributed by atoms with Crippen molar-refractivity contribution in [1.82, 2.24) is 10.2 Å². The first kappa shape index (κ1) is 5.46. The molecule has 0 aliphatic rings. The van der Waals surface area contributed by atoms with Gasteiger partial charge in [-0.2, -0.15) is 5.10 Å². The van der Waals surface area contributed by atoms with Gasteiger partial charge in [-0.15, -0.1) is 0 Å². The Labute approximate surface area is 48.2 Å². The molecule has 1 aromatic rings. The quantitative estimate of drug-likeness (QED) is 0.528. The second kappa shape index (κ2) is 2.06. The number of rotatable bonds is 1. The number of H-pyrrole nitrogens is 1.